The number of piperidine rings is 1. The van der Waals surface area contributed by atoms with Gasteiger partial charge in [0.15, 0.2) is 0 Å². The van der Waals surface area contributed by atoms with E-state index in [1.807, 2.05) is 29.2 Å². The largest absolute Gasteiger partial charge is 0.497 e. The smallest absolute Gasteiger partial charge is 0.210 e. The zero-order valence-electron chi connectivity index (χ0n) is 9.56. The number of nitrogens with zero attached hydrogens (tertiary/aromatic N) is 1. The van der Waals surface area contributed by atoms with Gasteiger partial charge in [-0.2, -0.15) is 0 Å². The van der Waals surface area contributed by atoms with Crippen LogP contribution in [0.1, 0.15) is 30.9 Å². The number of hydrogen-bond acceptors (Lipinski definition) is 2. The van der Waals surface area contributed by atoms with Gasteiger partial charge in [-0.3, -0.25) is 4.79 Å². The fraction of sp³-hybridized carbons (Fsp3) is 0.462. The maximum absolute atomic E-state index is 11.0. The number of carbonyl (C=O) groups is 1. The van der Waals surface area contributed by atoms with E-state index in [1.165, 1.54) is 12.0 Å². The summed E-state index contributed by atoms with van der Waals surface area (Å²) >= 11 is 0. The summed E-state index contributed by atoms with van der Waals surface area (Å²) in [5.74, 6) is 0.859. The molecule has 1 heterocycles. The van der Waals surface area contributed by atoms with E-state index in [2.05, 4.69) is 0 Å². The minimum absolute atomic E-state index is 0.247. The first-order valence-corrected chi connectivity index (χ1v) is 5.70. The van der Waals surface area contributed by atoms with E-state index in [0.717, 1.165) is 31.5 Å². The quantitative estimate of drug-likeness (QED) is 0.730. The SMILES string of the molecule is COc1ccc(C2CCCCN2C=O)cc1. The Hall–Kier alpha value is -1.51. The average Bonchev–Trinajstić information content (AvgIpc) is 2.39. The second kappa shape index (κ2) is 5.01. The minimum Gasteiger partial charge on any atom is -0.497 e. The van der Waals surface area contributed by atoms with Crippen LogP contribution in [0.15, 0.2) is 24.3 Å². The minimum atomic E-state index is 0.247. The van der Waals surface area contributed by atoms with Gasteiger partial charge in [-0.15, -0.1) is 0 Å². The third-order valence-corrected chi connectivity index (χ3v) is 3.18. The molecule has 3 heteroatoms. The van der Waals surface area contributed by atoms with Crippen molar-refractivity contribution in [2.45, 2.75) is 25.3 Å². The maximum atomic E-state index is 11.0. The molecule has 1 unspecified atom stereocenters. The zero-order chi connectivity index (χ0) is 11.4. The first-order chi connectivity index (χ1) is 7.85. The fourth-order valence-corrected chi connectivity index (χ4v) is 2.26. The molecule has 1 fully saturated rings. The Labute approximate surface area is 96.0 Å². The Kier molecular flexibility index (Phi) is 3.44. The average molecular weight is 219 g/mol. The van der Waals surface area contributed by atoms with Gasteiger partial charge in [0.1, 0.15) is 5.75 Å². The van der Waals surface area contributed by atoms with Crippen LogP contribution in [0.3, 0.4) is 0 Å². The molecule has 0 aliphatic carbocycles. The lowest BCUT2D eigenvalue weighted by Crippen LogP contribution is -2.32. The van der Waals surface area contributed by atoms with Gasteiger partial charge >= 0.3 is 0 Å². The molecule has 0 spiro atoms. The van der Waals surface area contributed by atoms with Crippen molar-refractivity contribution < 1.29 is 9.53 Å². The molecular formula is C13H17NO2. The first-order valence-electron chi connectivity index (χ1n) is 5.70. The van der Waals surface area contributed by atoms with Gasteiger partial charge in [0.25, 0.3) is 0 Å². The maximum Gasteiger partial charge on any atom is 0.210 e. The summed E-state index contributed by atoms with van der Waals surface area (Å²) < 4.78 is 5.13. The van der Waals surface area contributed by atoms with E-state index in [9.17, 15) is 4.79 Å². The number of rotatable bonds is 3. The summed E-state index contributed by atoms with van der Waals surface area (Å²) in [6, 6.07) is 8.24. The van der Waals surface area contributed by atoms with Crippen LogP contribution in [0.25, 0.3) is 0 Å². The molecule has 1 aliphatic rings. The Balaban J connectivity index is 2.17. The van der Waals surface area contributed by atoms with Gasteiger partial charge in [-0.1, -0.05) is 12.1 Å². The second-order valence-electron chi connectivity index (χ2n) is 4.13. The van der Waals surface area contributed by atoms with E-state index in [4.69, 9.17) is 4.74 Å². The van der Waals surface area contributed by atoms with Crippen LogP contribution in [0.5, 0.6) is 5.75 Å². The molecule has 0 bridgehead atoms. The summed E-state index contributed by atoms with van der Waals surface area (Å²) in [5, 5.41) is 0. The molecule has 1 atom stereocenters. The lowest BCUT2D eigenvalue weighted by molar-refractivity contribution is -0.121. The number of carbonyl (C=O) groups excluding carboxylic acids is 1. The molecule has 1 aliphatic heterocycles. The predicted octanol–water partition coefficient (Wildman–Crippen LogP) is 2.38. The van der Waals surface area contributed by atoms with Crippen LogP contribution in [-0.4, -0.2) is 25.0 Å². The summed E-state index contributed by atoms with van der Waals surface area (Å²) in [6.07, 6.45) is 4.34. The third kappa shape index (κ3) is 2.18. The highest BCUT2D eigenvalue weighted by Gasteiger charge is 2.22. The highest BCUT2D eigenvalue weighted by atomic mass is 16.5. The van der Waals surface area contributed by atoms with Crippen molar-refractivity contribution in [2.24, 2.45) is 0 Å². The zero-order valence-corrected chi connectivity index (χ0v) is 9.56. The van der Waals surface area contributed by atoms with Crippen LogP contribution < -0.4 is 4.74 Å². The van der Waals surface area contributed by atoms with Crippen molar-refractivity contribution in [2.75, 3.05) is 13.7 Å². The van der Waals surface area contributed by atoms with Gasteiger partial charge in [0, 0.05) is 6.54 Å². The monoisotopic (exact) mass is 219 g/mol. The van der Waals surface area contributed by atoms with Crippen molar-refractivity contribution in [1.82, 2.24) is 4.90 Å². The molecule has 1 saturated heterocycles. The Morgan fingerprint density at radius 2 is 2.06 bits per heavy atom. The van der Waals surface area contributed by atoms with E-state index < -0.39 is 0 Å². The van der Waals surface area contributed by atoms with Gasteiger partial charge in [-0.25, -0.2) is 0 Å². The molecule has 0 N–H and O–H groups in total. The molecule has 1 aromatic carbocycles. The van der Waals surface area contributed by atoms with Gasteiger partial charge < -0.3 is 9.64 Å². The number of methoxy groups -OCH3 is 1. The molecular weight excluding hydrogens is 202 g/mol. The number of ether oxygens (including phenoxy) is 1. The van der Waals surface area contributed by atoms with Gasteiger partial charge in [-0.05, 0) is 37.0 Å². The highest BCUT2D eigenvalue weighted by Crippen LogP contribution is 2.30. The first kappa shape index (κ1) is 11.0. The number of hydrogen-bond donors (Lipinski definition) is 0. The second-order valence-corrected chi connectivity index (χ2v) is 4.13. The van der Waals surface area contributed by atoms with Crippen molar-refractivity contribution in [3.05, 3.63) is 29.8 Å². The summed E-state index contributed by atoms with van der Waals surface area (Å²) in [5.41, 5.74) is 1.20. The van der Waals surface area contributed by atoms with Crippen molar-refractivity contribution >= 4 is 6.41 Å². The van der Waals surface area contributed by atoms with Crippen molar-refractivity contribution in [3.63, 3.8) is 0 Å². The molecule has 1 amide bonds. The molecule has 2 rings (SSSR count). The van der Waals surface area contributed by atoms with E-state index in [1.54, 1.807) is 7.11 Å². The van der Waals surface area contributed by atoms with Crippen LogP contribution in [0, 0.1) is 0 Å². The Morgan fingerprint density at radius 3 is 2.69 bits per heavy atom. The standard InChI is InChI=1S/C13H17NO2/c1-16-12-7-5-11(6-8-12)13-4-2-3-9-14(13)10-15/h5-8,10,13H,2-4,9H2,1H3. The Morgan fingerprint density at radius 1 is 1.31 bits per heavy atom. The molecule has 0 radical (unpaired) electrons. The lowest BCUT2D eigenvalue weighted by Gasteiger charge is -2.33. The highest BCUT2D eigenvalue weighted by molar-refractivity contribution is 5.49. The van der Waals surface area contributed by atoms with Gasteiger partial charge in [0.05, 0.1) is 13.2 Å². The third-order valence-electron chi connectivity index (χ3n) is 3.18. The molecule has 0 saturated carbocycles. The van der Waals surface area contributed by atoms with E-state index >= 15 is 0 Å². The molecule has 86 valence electrons. The lowest BCUT2D eigenvalue weighted by atomic mass is 9.96. The van der Waals surface area contributed by atoms with Crippen LogP contribution >= 0.6 is 0 Å². The predicted molar refractivity (Wildman–Crippen MR) is 62.4 cm³/mol. The normalized spacial score (nSPS) is 20.6. The molecule has 3 nitrogen and oxygen atoms in total. The van der Waals surface area contributed by atoms with Gasteiger partial charge in [0.2, 0.25) is 6.41 Å². The van der Waals surface area contributed by atoms with E-state index in [0.29, 0.717) is 0 Å². The number of amides is 1. The number of likely N-dealkylation sites (tertiary alicyclic amines) is 1. The molecule has 1 aromatic rings. The van der Waals surface area contributed by atoms with E-state index in [-0.39, 0.29) is 6.04 Å². The van der Waals surface area contributed by atoms with Crippen LogP contribution in [-0.2, 0) is 4.79 Å². The summed E-state index contributed by atoms with van der Waals surface area (Å²) in [4.78, 5) is 12.9. The Bertz CT molecular complexity index is 347. The van der Waals surface area contributed by atoms with Crippen LogP contribution in [0.4, 0.5) is 0 Å². The molecule has 16 heavy (non-hydrogen) atoms. The molecule has 0 aromatic heterocycles. The van der Waals surface area contributed by atoms with Crippen molar-refractivity contribution in [3.8, 4) is 5.75 Å². The summed E-state index contributed by atoms with van der Waals surface area (Å²) in [7, 11) is 1.66. The van der Waals surface area contributed by atoms with Crippen LogP contribution in [0.2, 0.25) is 0 Å². The number of benzene rings is 1. The van der Waals surface area contributed by atoms with Crippen molar-refractivity contribution in [1.29, 1.82) is 0 Å². The summed E-state index contributed by atoms with van der Waals surface area (Å²) in [6.45, 7) is 0.875. The topological polar surface area (TPSA) is 29.5 Å². The fourth-order valence-electron chi connectivity index (χ4n) is 2.26.